The van der Waals surface area contributed by atoms with Crippen molar-refractivity contribution >= 4 is 17.5 Å². The van der Waals surface area contributed by atoms with E-state index in [2.05, 4.69) is 20.4 Å². The Morgan fingerprint density at radius 3 is 3.06 bits per heavy atom. The van der Waals surface area contributed by atoms with Gasteiger partial charge in [-0.1, -0.05) is 0 Å². The van der Waals surface area contributed by atoms with Crippen LogP contribution in [-0.2, 0) is 16.0 Å². The molecule has 0 saturated carbocycles. The molecular weight excluding hydrogens is 234 g/mol. The molecule has 2 heterocycles. The molecule has 1 aliphatic heterocycles. The van der Waals surface area contributed by atoms with Crippen LogP contribution in [0.15, 0.2) is 17.5 Å². The number of aromatic amines is 1. The first-order valence-corrected chi connectivity index (χ1v) is 5.77. The van der Waals surface area contributed by atoms with Gasteiger partial charge in [0, 0.05) is 45.2 Å². The van der Waals surface area contributed by atoms with Crippen molar-refractivity contribution in [2.24, 2.45) is 5.10 Å². The van der Waals surface area contributed by atoms with Gasteiger partial charge >= 0.3 is 0 Å². The molecule has 0 fully saturated rings. The van der Waals surface area contributed by atoms with Crippen molar-refractivity contribution in [3.8, 4) is 0 Å². The minimum atomic E-state index is -0.221. The molecule has 0 unspecified atom stereocenters. The summed E-state index contributed by atoms with van der Waals surface area (Å²) in [5.41, 5.74) is 0.400. The Hall–Kier alpha value is -2.18. The van der Waals surface area contributed by atoms with Gasteiger partial charge in [0.1, 0.15) is 11.5 Å². The molecule has 0 aliphatic carbocycles. The normalized spacial score (nSPS) is 15.5. The summed E-state index contributed by atoms with van der Waals surface area (Å²) in [4.78, 5) is 30.0. The number of hydrazone groups is 1. The first kappa shape index (κ1) is 12.3. The van der Waals surface area contributed by atoms with Gasteiger partial charge in [0.05, 0.1) is 0 Å². The molecule has 7 nitrogen and oxygen atoms in total. The Balaban J connectivity index is 1.81. The molecule has 0 saturated heterocycles. The smallest absolute Gasteiger partial charge is 0.267 e. The maximum Gasteiger partial charge on any atom is 0.267 e. The summed E-state index contributed by atoms with van der Waals surface area (Å²) in [6.07, 6.45) is 4.78. The summed E-state index contributed by atoms with van der Waals surface area (Å²) in [5.74, 6) is 0.538. The third kappa shape index (κ3) is 2.93. The zero-order chi connectivity index (χ0) is 13.0. The number of hydrogen-bond acceptors (Lipinski definition) is 4. The van der Waals surface area contributed by atoms with Crippen LogP contribution in [0, 0.1) is 0 Å². The predicted molar refractivity (Wildman–Crippen MR) is 64.7 cm³/mol. The zero-order valence-corrected chi connectivity index (χ0v) is 10.1. The average molecular weight is 249 g/mol. The van der Waals surface area contributed by atoms with Crippen LogP contribution in [0.4, 0.5) is 0 Å². The molecule has 1 aliphatic rings. The maximum atomic E-state index is 11.8. The van der Waals surface area contributed by atoms with E-state index in [0.717, 1.165) is 5.82 Å². The average Bonchev–Trinajstić information content (AvgIpc) is 2.85. The lowest BCUT2D eigenvalue weighted by molar-refractivity contribution is -0.130. The summed E-state index contributed by atoms with van der Waals surface area (Å²) < 4.78 is 0. The first-order chi connectivity index (χ1) is 8.66. The number of hydrogen-bond donors (Lipinski definition) is 2. The van der Waals surface area contributed by atoms with Gasteiger partial charge in [-0.3, -0.25) is 9.59 Å². The van der Waals surface area contributed by atoms with Crippen LogP contribution < -0.4 is 5.32 Å². The fraction of sp³-hybridized carbons (Fsp3) is 0.455. The Labute approximate surface area is 104 Å². The van der Waals surface area contributed by atoms with E-state index < -0.39 is 0 Å². The Kier molecular flexibility index (Phi) is 3.71. The van der Waals surface area contributed by atoms with Gasteiger partial charge in [-0.05, 0) is 0 Å². The number of aromatic nitrogens is 2. The third-order valence-electron chi connectivity index (χ3n) is 2.67. The second-order valence-electron chi connectivity index (χ2n) is 4.01. The van der Waals surface area contributed by atoms with Gasteiger partial charge < -0.3 is 10.3 Å². The van der Waals surface area contributed by atoms with Crippen LogP contribution in [-0.4, -0.2) is 46.1 Å². The van der Waals surface area contributed by atoms with E-state index in [1.807, 2.05) is 0 Å². The number of imidazole rings is 1. The van der Waals surface area contributed by atoms with E-state index in [1.165, 1.54) is 5.01 Å². The number of nitrogens with zero attached hydrogens (tertiary/aromatic N) is 3. The van der Waals surface area contributed by atoms with Gasteiger partial charge in [0.2, 0.25) is 5.91 Å². The summed E-state index contributed by atoms with van der Waals surface area (Å²) >= 11 is 0. The van der Waals surface area contributed by atoms with Crippen molar-refractivity contribution < 1.29 is 9.59 Å². The molecule has 2 rings (SSSR count). The highest BCUT2D eigenvalue weighted by Gasteiger charge is 2.21. The van der Waals surface area contributed by atoms with E-state index in [1.54, 1.807) is 19.4 Å². The second kappa shape index (κ2) is 5.44. The van der Waals surface area contributed by atoms with E-state index >= 15 is 0 Å². The molecule has 0 radical (unpaired) electrons. The van der Waals surface area contributed by atoms with E-state index in [0.29, 0.717) is 31.5 Å². The predicted octanol–water partition coefficient (Wildman–Crippen LogP) is -0.323. The van der Waals surface area contributed by atoms with Crippen LogP contribution in [0.5, 0.6) is 0 Å². The molecule has 2 amide bonds. The lowest BCUT2D eigenvalue weighted by Gasteiger charge is -2.18. The minimum absolute atomic E-state index is 0.0675. The van der Waals surface area contributed by atoms with Crippen LogP contribution in [0.25, 0.3) is 0 Å². The van der Waals surface area contributed by atoms with Crippen molar-refractivity contribution in [1.82, 2.24) is 20.3 Å². The Morgan fingerprint density at radius 1 is 1.56 bits per heavy atom. The Bertz CT molecular complexity index is 466. The molecule has 2 N–H and O–H groups in total. The molecule has 1 aromatic heterocycles. The zero-order valence-electron chi connectivity index (χ0n) is 10.1. The second-order valence-corrected chi connectivity index (χ2v) is 4.01. The third-order valence-corrected chi connectivity index (χ3v) is 2.67. The number of carbonyl (C=O) groups is 2. The molecular formula is C11H15N5O2. The number of carbonyl (C=O) groups excluding carboxylic acids is 2. The topological polar surface area (TPSA) is 90.4 Å². The molecule has 0 bridgehead atoms. The summed E-state index contributed by atoms with van der Waals surface area (Å²) in [6, 6.07) is 0. The highest BCUT2D eigenvalue weighted by molar-refractivity contribution is 6.39. The molecule has 0 aromatic carbocycles. The summed E-state index contributed by atoms with van der Waals surface area (Å²) in [6.45, 7) is 0.489. The summed E-state index contributed by atoms with van der Waals surface area (Å²) in [5, 5.41) is 7.92. The van der Waals surface area contributed by atoms with E-state index in [4.69, 9.17) is 0 Å². The fourth-order valence-electron chi connectivity index (χ4n) is 1.66. The number of amides is 2. The number of rotatable bonds is 4. The van der Waals surface area contributed by atoms with Gasteiger partial charge in [0.15, 0.2) is 0 Å². The van der Waals surface area contributed by atoms with Crippen LogP contribution >= 0.6 is 0 Å². The van der Waals surface area contributed by atoms with Crippen LogP contribution in [0.3, 0.4) is 0 Å². The van der Waals surface area contributed by atoms with Crippen LogP contribution in [0.1, 0.15) is 18.7 Å². The minimum Gasteiger partial charge on any atom is -0.350 e. The van der Waals surface area contributed by atoms with Gasteiger partial charge in [-0.2, -0.15) is 5.10 Å². The first-order valence-electron chi connectivity index (χ1n) is 5.77. The molecule has 7 heteroatoms. The van der Waals surface area contributed by atoms with Crippen molar-refractivity contribution in [3.63, 3.8) is 0 Å². The fourth-order valence-corrected chi connectivity index (χ4v) is 1.66. The highest BCUT2D eigenvalue weighted by Crippen LogP contribution is 2.06. The van der Waals surface area contributed by atoms with Gasteiger partial charge in [0.25, 0.3) is 5.91 Å². The van der Waals surface area contributed by atoms with Crippen molar-refractivity contribution in [2.45, 2.75) is 19.3 Å². The SMILES string of the molecule is CN1N=C(C(=O)NCCc2ncc[nH]2)CCC1=O. The molecule has 1 aromatic rings. The monoisotopic (exact) mass is 249 g/mol. The van der Waals surface area contributed by atoms with E-state index in [9.17, 15) is 9.59 Å². The van der Waals surface area contributed by atoms with Crippen molar-refractivity contribution in [2.75, 3.05) is 13.6 Å². The largest absolute Gasteiger partial charge is 0.350 e. The quantitative estimate of drug-likeness (QED) is 0.766. The van der Waals surface area contributed by atoms with Gasteiger partial charge in [-0.15, -0.1) is 0 Å². The van der Waals surface area contributed by atoms with Crippen molar-refractivity contribution in [3.05, 3.63) is 18.2 Å². The lowest BCUT2D eigenvalue weighted by atomic mass is 10.1. The summed E-state index contributed by atoms with van der Waals surface area (Å²) in [7, 11) is 1.55. The highest BCUT2D eigenvalue weighted by atomic mass is 16.2. The number of nitrogens with one attached hydrogen (secondary N) is 2. The lowest BCUT2D eigenvalue weighted by Crippen LogP contribution is -2.38. The maximum absolute atomic E-state index is 11.8. The molecule has 0 spiro atoms. The van der Waals surface area contributed by atoms with E-state index in [-0.39, 0.29) is 11.8 Å². The van der Waals surface area contributed by atoms with Gasteiger partial charge in [-0.25, -0.2) is 9.99 Å². The molecule has 18 heavy (non-hydrogen) atoms. The number of H-pyrrole nitrogens is 1. The van der Waals surface area contributed by atoms with Crippen LogP contribution in [0.2, 0.25) is 0 Å². The molecule has 0 atom stereocenters. The standard InChI is InChI=1S/C11H15N5O2/c1-16-10(17)3-2-8(15-16)11(18)14-5-4-9-12-6-7-13-9/h6-7H,2-5H2,1H3,(H,12,13)(H,14,18). The molecule has 96 valence electrons. The Morgan fingerprint density at radius 2 is 2.39 bits per heavy atom. The van der Waals surface area contributed by atoms with Crippen molar-refractivity contribution in [1.29, 1.82) is 0 Å².